The second-order valence-corrected chi connectivity index (χ2v) is 13.2. The minimum absolute atomic E-state index is 0.485. The van der Waals surface area contributed by atoms with E-state index in [1.807, 2.05) is 0 Å². The molecule has 1 aromatic heterocycles. The van der Waals surface area contributed by atoms with E-state index >= 15 is 0 Å². The van der Waals surface area contributed by atoms with Gasteiger partial charge in [-0.1, -0.05) is 146 Å². The van der Waals surface area contributed by atoms with Gasteiger partial charge in [0.2, 0.25) is 0 Å². The van der Waals surface area contributed by atoms with Crippen molar-refractivity contribution in [2.24, 2.45) is 0 Å². The van der Waals surface area contributed by atoms with Gasteiger partial charge in [-0.2, -0.15) is 0 Å². The fourth-order valence-electron chi connectivity index (χ4n) is 8.89. The van der Waals surface area contributed by atoms with E-state index in [9.17, 15) is 0 Å². The molecule has 2 aliphatic rings. The van der Waals surface area contributed by atoms with E-state index in [-0.39, 0.29) is 0 Å². The molecule has 0 saturated carbocycles. The zero-order valence-corrected chi connectivity index (χ0v) is 26.1. The van der Waals surface area contributed by atoms with Crippen LogP contribution in [0.5, 0.6) is 0 Å². The van der Waals surface area contributed by atoms with Gasteiger partial charge in [-0.25, -0.2) is 0 Å². The first kappa shape index (κ1) is 25.9. The molecule has 0 radical (unpaired) electrons. The van der Waals surface area contributed by atoms with E-state index in [1.54, 1.807) is 0 Å². The predicted molar refractivity (Wildman–Crippen MR) is 198 cm³/mol. The summed E-state index contributed by atoms with van der Waals surface area (Å²) < 4.78 is 6.80. The second-order valence-electron chi connectivity index (χ2n) is 13.2. The van der Waals surface area contributed by atoms with E-state index in [0.29, 0.717) is 0 Å². The lowest BCUT2D eigenvalue weighted by molar-refractivity contribution is 0.669. The van der Waals surface area contributed by atoms with Gasteiger partial charge in [0, 0.05) is 16.3 Å². The Morgan fingerprint density at radius 1 is 0.375 bits per heavy atom. The molecule has 0 bridgehead atoms. The minimum Gasteiger partial charge on any atom is -0.455 e. The van der Waals surface area contributed by atoms with Gasteiger partial charge >= 0.3 is 0 Å². The highest BCUT2D eigenvalue weighted by Crippen LogP contribution is 2.65. The summed E-state index contributed by atoms with van der Waals surface area (Å²) in [5.74, 6) is 0. The highest BCUT2D eigenvalue weighted by molar-refractivity contribution is 6.19. The molecule has 1 spiro atoms. The Bertz CT molecular complexity index is 2740. The van der Waals surface area contributed by atoms with Gasteiger partial charge in [0.05, 0.1) is 5.41 Å². The molecule has 48 heavy (non-hydrogen) atoms. The fourth-order valence-corrected chi connectivity index (χ4v) is 8.89. The third-order valence-electron chi connectivity index (χ3n) is 10.9. The van der Waals surface area contributed by atoms with E-state index in [4.69, 9.17) is 4.42 Å². The van der Waals surface area contributed by atoms with Crippen molar-refractivity contribution in [3.8, 4) is 44.5 Å². The molecule has 1 heterocycles. The molecule has 9 aromatic rings. The number of fused-ring (bicyclic) bond motifs is 15. The third-order valence-corrected chi connectivity index (χ3v) is 10.9. The summed E-state index contributed by atoms with van der Waals surface area (Å²) in [4.78, 5) is 0. The number of hydrogen-bond acceptors (Lipinski definition) is 1. The summed E-state index contributed by atoms with van der Waals surface area (Å²) >= 11 is 0. The molecule has 0 saturated heterocycles. The standard InChI is InChI=1S/C47H28O/c1-2-13-30(14-3-1)38-28-42-44(45-37-18-8-11-21-43(37)48-46(38)45)36-25-24-33(32-23-22-29-12-4-5-15-31(29)26-32)27-41(36)47(42)39-19-9-6-16-34(39)35-17-7-10-20-40(35)47/h1-28H. The Morgan fingerprint density at radius 3 is 1.83 bits per heavy atom. The van der Waals surface area contributed by atoms with Crippen molar-refractivity contribution in [2.45, 2.75) is 5.41 Å². The Kier molecular flexibility index (Phi) is 5.10. The molecule has 1 nitrogen and oxygen atoms in total. The zero-order chi connectivity index (χ0) is 31.4. The quantitative estimate of drug-likeness (QED) is 0.190. The second kappa shape index (κ2) is 9.44. The minimum atomic E-state index is -0.485. The molecule has 0 aliphatic heterocycles. The van der Waals surface area contributed by atoms with Crippen LogP contribution in [0.4, 0.5) is 0 Å². The first-order valence-corrected chi connectivity index (χ1v) is 16.7. The topological polar surface area (TPSA) is 13.1 Å². The lowest BCUT2D eigenvalue weighted by Crippen LogP contribution is -2.26. The third kappa shape index (κ3) is 3.25. The van der Waals surface area contributed by atoms with Crippen LogP contribution in [0.3, 0.4) is 0 Å². The lowest BCUT2D eigenvalue weighted by Gasteiger charge is -2.31. The number of rotatable bonds is 2. The molecule has 222 valence electrons. The van der Waals surface area contributed by atoms with Crippen LogP contribution < -0.4 is 0 Å². The van der Waals surface area contributed by atoms with Crippen molar-refractivity contribution >= 4 is 32.7 Å². The number of hydrogen-bond donors (Lipinski definition) is 0. The van der Waals surface area contributed by atoms with Crippen LogP contribution in [0.1, 0.15) is 22.3 Å². The van der Waals surface area contributed by atoms with E-state index in [0.717, 1.165) is 27.7 Å². The summed E-state index contributed by atoms with van der Waals surface area (Å²) in [6, 6.07) is 62.5. The SMILES string of the molecule is c1ccc(-c2cc3c(c4c2oc2ccccc24)-c2ccc(-c4ccc5ccccc5c4)cc2C32c3ccccc3-c3ccccc32)cc1. The highest BCUT2D eigenvalue weighted by atomic mass is 16.3. The van der Waals surface area contributed by atoms with Crippen LogP contribution in [0.25, 0.3) is 77.2 Å². The van der Waals surface area contributed by atoms with Gasteiger partial charge in [-0.15, -0.1) is 0 Å². The maximum Gasteiger partial charge on any atom is 0.143 e. The molecule has 0 amide bonds. The first-order chi connectivity index (χ1) is 23.8. The monoisotopic (exact) mass is 608 g/mol. The number of para-hydroxylation sites is 1. The molecule has 8 aromatic carbocycles. The predicted octanol–water partition coefficient (Wildman–Crippen LogP) is 12.4. The smallest absolute Gasteiger partial charge is 0.143 e. The molecule has 11 rings (SSSR count). The van der Waals surface area contributed by atoms with Gasteiger partial charge in [0.1, 0.15) is 11.2 Å². The Balaban J connectivity index is 1.32. The Morgan fingerprint density at radius 2 is 1.02 bits per heavy atom. The maximum atomic E-state index is 6.80. The summed E-state index contributed by atoms with van der Waals surface area (Å²) in [6.45, 7) is 0. The summed E-state index contributed by atoms with van der Waals surface area (Å²) in [6.07, 6.45) is 0. The van der Waals surface area contributed by atoms with Crippen molar-refractivity contribution in [2.75, 3.05) is 0 Å². The molecule has 0 N–H and O–H groups in total. The lowest BCUT2D eigenvalue weighted by atomic mass is 9.69. The average molecular weight is 609 g/mol. The molecular weight excluding hydrogens is 581 g/mol. The summed E-state index contributed by atoms with van der Waals surface area (Å²) in [5.41, 5.74) is 16.6. The van der Waals surface area contributed by atoms with Gasteiger partial charge in [0.25, 0.3) is 0 Å². The highest BCUT2D eigenvalue weighted by Gasteiger charge is 2.52. The molecule has 0 atom stereocenters. The van der Waals surface area contributed by atoms with Crippen LogP contribution in [0.15, 0.2) is 174 Å². The van der Waals surface area contributed by atoms with Crippen molar-refractivity contribution in [3.63, 3.8) is 0 Å². The summed E-state index contributed by atoms with van der Waals surface area (Å²) in [7, 11) is 0. The molecule has 0 unspecified atom stereocenters. The van der Waals surface area contributed by atoms with Crippen LogP contribution >= 0.6 is 0 Å². The molecule has 2 aliphatic carbocycles. The first-order valence-electron chi connectivity index (χ1n) is 16.7. The number of benzene rings is 8. The number of furan rings is 1. The van der Waals surface area contributed by atoms with E-state index in [2.05, 4.69) is 170 Å². The normalized spacial score (nSPS) is 13.6. The van der Waals surface area contributed by atoms with Gasteiger partial charge in [-0.05, 0) is 96.2 Å². The van der Waals surface area contributed by atoms with Crippen molar-refractivity contribution < 1.29 is 4.42 Å². The van der Waals surface area contributed by atoms with Crippen molar-refractivity contribution in [1.82, 2.24) is 0 Å². The zero-order valence-electron chi connectivity index (χ0n) is 26.1. The largest absolute Gasteiger partial charge is 0.455 e. The average Bonchev–Trinajstić information content (AvgIpc) is 3.78. The Labute approximate surface area is 278 Å². The van der Waals surface area contributed by atoms with Crippen molar-refractivity contribution in [3.05, 3.63) is 192 Å². The Hall–Kier alpha value is -6.18. The fraction of sp³-hybridized carbons (Fsp3) is 0.0213. The maximum absolute atomic E-state index is 6.80. The van der Waals surface area contributed by atoms with Gasteiger partial charge < -0.3 is 4.42 Å². The van der Waals surface area contributed by atoms with E-state index < -0.39 is 5.41 Å². The van der Waals surface area contributed by atoms with Crippen LogP contribution in [0, 0.1) is 0 Å². The summed E-state index contributed by atoms with van der Waals surface area (Å²) in [5, 5.41) is 4.86. The van der Waals surface area contributed by atoms with Gasteiger partial charge in [0.15, 0.2) is 0 Å². The van der Waals surface area contributed by atoms with Crippen LogP contribution in [-0.2, 0) is 5.41 Å². The van der Waals surface area contributed by atoms with Crippen LogP contribution in [-0.4, -0.2) is 0 Å². The van der Waals surface area contributed by atoms with E-state index in [1.165, 1.54) is 71.8 Å². The molecular formula is C47H28O. The van der Waals surface area contributed by atoms with Crippen molar-refractivity contribution in [1.29, 1.82) is 0 Å². The van der Waals surface area contributed by atoms with Crippen LogP contribution in [0.2, 0.25) is 0 Å². The van der Waals surface area contributed by atoms with Gasteiger partial charge in [-0.3, -0.25) is 0 Å². The molecule has 1 heteroatoms. The molecule has 0 fully saturated rings.